The van der Waals surface area contributed by atoms with Crippen LogP contribution in [0, 0.1) is 6.92 Å². The van der Waals surface area contributed by atoms with E-state index in [2.05, 4.69) is 34.4 Å². The summed E-state index contributed by atoms with van der Waals surface area (Å²) in [5.74, 6) is 0.861. The molecule has 0 spiro atoms. The van der Waals surface area contributed by atoms with Gasteiger partial charge in [-0.25, -0.2) is 0 Å². The fourth-order valence-corrected chi connectivity index (χ4v) is 3.95. The van der Waals surface area contributed by atoms with Crippen molar-refractivity contribution in [3.63, 3.8) is 0 Å². The summed E-state index contributed by atoms with van der Waals surface area (Å²) < 4.78 is 1.93. The van der Waals surface area contributed by atoms with Crippen molar-refractivity contribution in [1.29, 1.82) is 0 Å². The number of hydrogen-bond donors (Lipinski definition) is 1. The number of benzene rings is 1. The van der Waals surface area contributed by atoms with Gasteiger partial charge in [-0.2, -0.15) is 5.10 Å². The Bertz CT molecular complexity index is 756. The van der Waals surface area contributed by atoms with E-state index in [4.69, 9.17) is 0 Å². The highest BCUT2D eigenvalue weighted by atomic mass is 16.2. The number of likely N-dealkylation sites (tertiary alicyclic amines) is 1. The molecule has 0 unspecified atom stereocenters. The van der Waals surface area contributed by atoms with E-state index >= 15 is 0 Å². The van der Waals surface area contributed by atoms with Crippen LogP contribution in [0.4, 0.5) is 5.69 Å². The number of nitrogens with one attached hydrogen (secondary N) is 1. The molecule has 1 aliphatic carbocycles. The van der Waals surface area contributed by atoms with Crippen LogP contribution < -0.4 is 5.32 Å². The first-order valence-electron chi connectivity index (χ1n) is 9.74. The van der Waals surface area contributed by atoms with Crippen LogP contribution in [0.15, 0.2) is 30.5 Å². The minimum atomic E-state index is -0.0684. The normalized spacial score (nSPS) is 20.9. The van der Waals surface area contributed by atoms with Gasteiger partial charge in [-0.1, -0.05) is 18.6 Å². The number of rotatable bonds is 5. The average Bonchev–Trinajstić information content (AvgIpc) is 3.45. The van der Waals surface area contributed by atoms with Crippen LogP contribution in [-0.4, -0.2) is 33.2 Å². The monoisotopic (exact) mass is 352 g/mol. The van der Waals surface area contributed by atoms with Crippen LogP contribution in [-0.2, 0) is 18.4 Å². The Labute approximate surface area is 155 Å². The summed E-state index contributed by atoms with van der Waals surface area (Å²) in [6.07, 6.45) is 7.68. The quantitative estimate of drug-likeness (QED) is 0.894. The molecule has 2 heterocycles. The molecule has 1 aromatic heterocycles. The Kier molecular flexibility index (Phi) is 4.81. The lowest BCUT2D eigenvalue weighted by Crippen LogP contribution is -2.46. The van der Waals surface area contributed by atoms with Gasteiger partial charge >= 0.3 is 0 Å². The Morgan fingerprint density at radius 1 is 1.19 bits per heavy atom. The first-order chi connectivity index (χ1) is 12.6. The number of nitrogens with zero attached hydrogens (tertiary/aromatic N) is 3. The molecule has 0 radical (unpaired) electrons. The molecule has 1 aliphatic heterocycles. The van der Waals surface area contributed by atoms with Crippen molar-refractivity contribution < 1.29 is 4.79 Å². The number of piperidine rings is 1. The molecule has 2 aliphatic rings. The van der Waals surface area contributed by atoms with Gasteiger partial charge in [0, 0.05) is 19.3 Å². The molecule has 1 atom stereocenters. The van der Waals surface area contributed by atoms with Crippen molar-refractivity contribution in [3.05, 3.63) is 47.3 Å². The third-order valence-corrected chi connectivity index (χ3v) is 5.77. The third kappa shape index (κ3) is 3.68. The number of aryl methyl sites for hydroxylation is 2. The molecule has 5 nitrogen and oxygen atoms in total. The van der Waals surface area contributed by atoms with Crippen LogP contribution in [0.25, 0.3) is 0 Å². The zero-order chi connectivity index (χ0) is 18.1. The smallest absolute Gasteiger partial charge is 0.241 e. The van der Waals surface area contributed by atoms with Gasteiger partial charge in [0.05, 0.1) is 17.9 Å². The minimum absolute atomic E-state index is 0.0684. The van der Waals surface area contributed by atoms with Gasteiger partial charge in [-0.05, 0) is 68.3 Å². The minimum Gasteiger partial charge on any atom is -0.325 e. The van der Waals surface area contributed by atoms with E-state index in [1.807, 2.05) is 30.1 Å². The van der Waals surface area contributed by atoms with E-state index in [0.717, 1.165) is 44.0 Å². The standard InChI is InChI=1S/C21H28N4O/c1-15-13-22-24(2)20(15)14-25-12-4-3-5-19(25)21(26)23-18-10-8-17(9-11-18)16-6-7-16/h8-11,13,16,19H,3-7,12,14H2,1-2H3,(H,23,26)/t19-/m1/s1. The summed E-state index contributed by atoms with van der Waals surface area (Å²) in [4.78, 5) is 15.2. The van der Waals surface area contributed by atoms with E-state index in [0.29, 0.717) is 0 Å². The molecule has 0 bridgehead atoms. The molecule has 1 aromatic carbocycles. The van der Waals surface area contributed by atoms with E-state index in [-0.39, 0.29) is 11.9 Å². The van der Waals surface area contributed by atoms with Crippen LogP contribution in [0.2, 0.25) is 0 Å². The maximum atomic E-state index is 12.9. The Morgan fingerprint density at radius 2 is 1.96 bits per heavy atom. The van der Waals surface area contributed by atoms with Gasteiger partial charge in [0.15, 0.2) is 0 Å². The fourth-order valence-electron chi connectivity index (χ4n) is 3.95. The number of hydrogen-bond acceptors (Lipinski definition) is 3. The zero-order valence-electron chi connectivity index (χ0n) is 15.7. The number of amides is 1. The van der Waals surface area contributed by atoms with Gasteiger partial charge in [0.2, 0.25) is 5.91 Å². The summed E-state index contributed by atoms with van der Waals surface area (Å²) >= 11 is 0. The lowest BCUT2D eigenvalue weighted by Gasteiger charge is -2.34. The Hall–Kier alpha value is -2.14. The zero-order valence-corrected chi connectivity index (χ0v) is 15.7. The number of carbonyl (C=O) groups excluding carboxylic acids is 1. The highest BCUT2D eigenvalue weighted by Gasteiger charge is 2.30. The molecule has 1 amide bonds. The third-order valence-electron chi connectivity index (χ3n) is 5.77. The van der Waals surface area contributed by atoms with Gasteiger partial charge < -0.3 is 5.32 Å². The Balaban J connectivity index is 1.44. The van der Waals surface area contributed by atoms with Crippen LogP contribution in [0.5, 0.6) is 0 Å². The molecule has 2 fully saturated rings. The average molecular weight is 352 g/mol. The molecular formula is C21H28N4O. The lowest BCUT2D eigenvalue weighted by atomic mass is 10.0. The molecule has 4 rings (SSSR count). The van der Waals surface area contributed by atoms with E-state index in [9.17, 15) is 4.79 Å². The molecule has 1 saturated heterocycles. The first kappa shape index (κ1) is 17.3. The summed E-state index contributed by atoms with van der Waals surface area (Å²) in [5.41, 5.74) is 4.68. The largest absolute Gasteiger partial charge is 0.325 e. The second-order valence-electron chi connectivity index (χ2n) is 7.77. The second kappa shape index (κ2) is 7.23. The van der Waals surface area contributed by atoms with Crippen LogP contribution in [0.3, 0.4) is 0 Å². The van der Waals surface area contributed by atoms with E-state index < -0.39 is 0 Å². The van der Waals surface area contributed by atoms with Gasteiger partial charge in [0.1, 0.15) is 0 Å². The van der Waals surface area contributed by atoms with Crippen molar-refractivity contribution >= 4 is 11.6 Å². The first-order valence-corrected chi connectivity index (χ1v) is 9.74. The molecular weight excluding hydrogens is 324 g/mol. The van der Waals surface area contributed by atoms with Gasteiger partial charge in [0.25, 0.3) is 0 Å². The van der Waals surface area contributed by atoms with E-state index in [1.54, 1.807) is 0 Å². The topological polar surface area (TPSA) is 50.2 Å². The highest BCUT2D eigenvalue weighted by Crippen LogP contribution is 2.40. The lowest BCUT2D eigenvalue weighted by molar-refractivity contribution is -0.122. The second-order valence-corrected chi connectivity index (χ2v) is 7.77. The van der Waals surface area contributed by atoms with Crippen molar-refractivity contribution in [2.75, 3.05) is 11.9 Å². The fraction of sp³-hybridized carbons (Fsp3) is 0.524. The van der Waals surface area contributed by atoms with Crippen LogP contribution >= 0.6 is 0 Å². The van der Waals surface area contributed by atoms with Crippen molar-refractivity contribution in [3.8, 4) is 0 Å². The molecule has 2 aromatic rings. The summed E-state index contributed by atoms with van der Waals surface area (Å²) in [5, 5.41) is 7.47. The van der Waals surface area contributed by atoms with Gasteiger partial charge in [-0.15, -0.1) is 0 Å². The maximum absolute atomic E-state index is 12.9. The maximum Gasteiger partial charge on any atom is 0.241 e. The molecule has 5 heteroatoms. The van der Waals surface area contributed by atoms with Gasteiger partial charge in [-0.3, -0.25) is 14.4 Å². The van der Waals surface area contributed by atoms with E-state index in [1.165, 1.54) is 29.7 Å². The number of aromatic nitrogens is 2. The SMILES string of the molecule is Cc1cnn(C)c1CN1CCCC[C@@H]1C(=O)Nc1ccc(C2CC2)cc1. The van der Waals surface area contributed by atoms with Crippen molar-refractivity contribution in [2.45, 2.75) is 57.5 Å². The molecule has 1 saturated carbocycles. The Morgan fingerprint density at radius 3 is 2.62 bits per heavy atom. The molecule has 138 valence electrons. The highest BCUT2D eigenvalue weighted by molar-refractivity contribution is 5.94. The number of anilines is 1. The van der Waals surface area contributed by atoms with Crippen molar-refractivity contribution in [1.82, 2.24) is 14.7 Å². The predicted octanol–water partition coefficient (Wildman–Crippen LogP) is 3.60. The summed E-state index contributed by atoms with van der Waals surface area (Å²) in [6.45, 7) is 3.83. The molecule has 26 heavy (non-hydrogen) atoms. The molecule has 1 N–H and O–H groups in total. The number of carbonyl (C=O) groups is 1. The summed E-state index contributed by atoms with van der Waals surface area (Å²) in [6, 6.07) is 8.34. The summed E-state index contributed by atoms with van der Waals surface area (Å²) in [7, 11) is 1.97. The van der Waals surface area contributed by atoms with Crippen molar-refractivity contribution in [2.24, 2.45) is 7.05 Å². The predicted molar refractivity (Wildman–Crippen MR) is 103 cm³/mol. The van der Waals surface area contributed by atoms with Crippen LogP contribution in [0.1, 0.15) is 54.8 Å².